The molecule has 6 heavy (non-hydrogen) atoms. The maximum absolute atomic E-state index is 10.1. The normalized spacial score (nSPS) is 34.3. The molecule has 0 saturated carbocycles. The Kier molecular flexibility index (Phi) is 1.22. The Morgan fingerprint density at radius 1 is 1.67 bits per heavy atom. The molecule has 0 aromatic carbocycles. The second kappa shape index (κ2) is 1.71. The smallest absolute Gasteiger partial charge is 0.155 e. The highest BCUT2D eigenvalue weighted by molar-refractivity contribution is 7.80. The number of hydrogen-bond donors (Lipinski definition) is 0. The Morgan fingerprint density at radius 2 is 2.50 bits per heavy atom. The molecule has 1 atom stereocenters. The average molecular weight is 106 g/mol. The maximum atomic E-state index is 10.1. The van der Waals surface area contributed by atoms with Gasteiger partial charge in [0.25, 0.3) is 0 Å². The minimum absolute atomic E-state index is 0.687. The van der Waals surface area contributed by atoms with E-state index in [1.54, 1.807) is 0 Å². The standard InChI is InChI=1S/C3H6O2S/c4-6-3-1-2-5-6/h1-3H2/t6-/m1/s1. The summed E-state index contributed by atoms with van der Waals surface area (Å²) in [6, 6.07) is 0. The van der Waals surface area contributed by atoms with Gasteiger partial charge in [0.2, 0.25) is 0 Å². The molecule has 0 aliphatic carbocycles. The molecule has 0 aromatic rings. The second-order valence-corrected chi connectivity index (χ2v) is 2.43. The van der Waals surface area contributed by atoms with E-state index >= 15 is 0 Å². The van der Waals surface area contributed by atoms with Crippen molar-refractivity contribution in [3.8, 4) is 0 Å². The van der Waals surface area contributed by atoms with Crippen LogP contribution in [0.1, 0.15) is 6.42 Å². The van der Waals surface area contributed by atoms with Crippen LogP contribution in [0.2, 0.25) is 0 Å². The summed E-state index contributed by atoms with van der Waals surface area (Å²) in [7, 11) is 0. The maximum Gasteiger partial charge on any atom is 0.155 e. The molecule has 0 amide bonds. The van der Waals surface area contributed by atoms with Gasteiger partial charge in [-0.2, -0.15) is 0 Å². The van der Waals surface area contributed by atoms with Crippen LogP contribution in [0.5, 0.6) is 0 Å². The Labute approximate surface area is 39.2 Å². The van der Waals surface area contributed by atoms with Crippen LogP contribution in [-0.4, -0.2) is 16.6 Å². The van der Waals surface area contributed by atoms with Gasteiger partial charge in [0.1, 0.15) is 0 Å². The van der Waals surface area contributed by atoms with Crippen LogP contribution < -0.4 is 0 Å². The van der Waals surface area contributed by atoms with Gasteiger partial charge in [-0.25, -0.2) is 4.21 Å². The van der Waals surface area contributed by atoms with E-state index < -0.39 is 11.1 Å². The van der Waals surface area contributed by atoms with Crippen LogP contribution >= 0.6 is 0 Å². The minimum atomic E-state index is -0.923. The van der Waals surface area contributed by atoms with E-state index in [2.05, 4.69) is 4.18 Å². The molecule has 1 heterocycles. The van der Waals surface area contributed by atoms with Crippen molar-refractivity contribution >= 4 is 11.1 Å². The molecular formula is C3H6O2S. The van der Waals surface area contributed by atoms with Gasteiger partial charge < -0.3 is 0 Å². The first-order valence-corrected chi connectivity index (χ1v) is 3.15. The van der Waals surface area contributed by atoms with E-state index in [1.165, 1.54) is 0 Å². The summed E-state index contributed by atoms with van der Waals surface area (Å²) in [5.41, 5.74) is 0. The number of rotatable bonds is 0. The molecule has 0 bridgehead atoms. The molecular weight excluding hydrogens is 100 g/mol. The summed E-state index contributed by atoms with van der Waals surface area (Å²) in [5, 5.41) is 0. The summed E-state index contributed by atoms with van der Waals surface area (Å²) in [5.74, 6) is 0.736. The van der Waals surface area contributed by atoms with Crippen molar-refractivity contribution in [2.24, 2.45) is 0 Å². The highest BCUT2D eigenvalue weighted by Gasteiger charge is 2.06. The zero-order valence-corrected chi connectivity index (χ0v) is 4.16. The first-order valence-electron chi connectivity index (χ1n) is 1.91. The third-order valence-electron chi connectivity index (χ3n) is 0.670. The fourth-order valence-electron chi connectivity index (χ4n) is 0.388. The fourth-order valence-corrected chi connectivity index (χ4v) is 1.16. The van der Waals surface area contributed by atoms with E-state index in [0.29, 0.717) is 6.61 Å². The minimum Gasteiger partial charge on any atom is -0.291 e. The Balaban J connectivity index is 2.37. The monoisotopic (exact) mass is 106 g/mol. The molecule has 0 aromatic heterocycles. The van der Waals surface area contributed by atoms with E-state index in [1.807, 2.05) is 0 Å². The second-order valence-electron chi connectivity index (χ2n) is 1.18. The summed E-state index contributed by atoms with van der Waals surface area (Å²) >= 11 is -0.923. The first kappa shape index (κ1) is 4.27. The third-order valence-corrected chi connectivity index (χ3v) is 1.72. The topological polar surface area (TPSA) is 26.3 Å². The molecule has 1 rings (SSSR count). The molecule has 0 N–H and O–H groups in total. The highest BCUT2D eigenvalue weighted by atomic mass is 32.2. The molecule has 1 saturated heterocycles. The molecule has 3 heteroatoms. The van der Waals surface area contributed by atoms with Crippen LogP contribution in [-0.2, 0) is 15.3 Å². The number of hydrogen-bond acceptors (Lipinski definition) is 2. The lowest BCUT2D eigenvalue weighted by molar-refractivity contribution is 0.382. The molecule has 1 aliphatic rings. The van der Waals surface area contributed by atoms with Crippen LogP contribution in [0.3, 0.4) is 0 Å². The van der Waals surface area contributed by atoms with Gasteiger partial charge >= 0.3 is 0 Å². The summed E-state index contributed by atoms with van der Waals surface area (Å²) < 4.78 is 14.8. The zero-order valence-electron chi connectivity index (χ0n) is 3.35. The van der Waals surface area contributed by atoms with Crippen molar-refractivity contribution in [2.75, 3.05) is 12.4 Å². The summed E-state index contributed by atoms with van der Waals surface area (Å²) in [6.45, 7) is 0.687. The van der Waals surface area contributed by atoms with Crippen LogP contribution in [0.25, 0.3) is 0 Å². The van der Waals surface area contributed by atoms with E-state index in [4.69, 9.17) is 0 Å². The van der Waals surface area contributed by atoms with Crippen molar-refractivity contribution in [2.45, 2.75) is 6.42 Å². The highest BCUT2D eigenvalue weighted by Crippen LogP contribution is 1.99. The van der Waals surface area contributed by atoms with Gasteiger partial charge in [0, 0.05) is 0 Å². The molecule has 36 valence electrons. The predicted molar refractivity (Wildman–Crippen MR) is 23.6 cm³/mol. The first-order chi connectivity index (χ1) is 2.89. The van der Waals surface area contributed by atoms with Gasteiger partial charge in [-0.1, -0.05) is 0 Å². The fraction of sp³-hybridized carbons (Fsp3) is 1.00. The van der Waals surface area contributed by atoms with Gasteiger partial charge in [-0.05, 0) is 6.42 Å². The SMILES string of the molecule is O=[S@]1CCCO1. The molecule has 0 unspecified atom stereocenters. The molecule has 1 fully saturated rings. The van der Waals surface area contributed by atoms with Crippen molar-refractivity contribution in [3.63, 3.8) is 0 Å². The lowest BCUT2D eigenvalue weighted by atomic mass is 10.5. The van der Waals surface area contributed by atoms with Gasteiger partial charge in [-0.15, -0.1) is 0 Å². The van der Waals surface area contributed by atoms with E-state index in [0.717, 1.165) is 12.2 Å². The van der Waals surface area contributed by atoms with Crippen molar-refractivity contribution in [1.82, 2.24) is 0 Å². The lowest BCUT2D eigenvalue weighted by Crippen LogP contribution is -1.83. The molecule has 0 spiro atoms. The average Bonchev–Trinajstić information content (AvgIpc) is 1.86. The van der Waals surface area contributed by atoms with Crippen molar-refractivity contribution < 1.29 is 8.39 Å². The molecule has 1 aliphatic heterocycles. The lowest BCUT2D eigenvalue weighted by Gasteiger charge is -1.78. The van der Waals surface area contributed by atoms with Crippen LogP contribution in [0, 0.1) is 0 Å². The van der Waals surface area contributed by atoms with Crippen molar-refractivity contribution in [1.29, 1.82) is 0 Å². The summed E-state index contributed by atoms with van der Waals surface area (Å²) in [6.07, 6.45) is 0.965. The largest absolute Gasteiger partial charge is 0.291 e. The van der Waals surface area contributed by atoms with Crippen LogP contribution in [0.4, 0.5) is 0 Å². The molecule has 2 nitrogen and oxygen atoms in total. The third kappa shape index (κ3) is 0.786. The Bertz CT molecular complexity index is 63.2. The van der Waals surface area contributed by atoms with E-state index in [-0.39, 0.29) is 0 Å². The Morgan fingerprint density at radius 3 is 2.67 bits per heavy atom. The Hall–Kier alpha value is 0.110. The van der Waals surface area contributed by atoms with E-state index in [9.17, 15) is 4.21 Å². The predicted octanol–water partition coefficient (Wildman–Crippen LogP) is 0.0704. The van der Waals surface area contributed by atoms with Gasteiger partial charge in [-0.3, -0.25) is 4.18 Å². The van der Waals surface area contributed by atoms with Crippen LogP contribution in [0.15, 0.2) is 0 Å². The zero-order chi connectivity index (χ0) is 4.41. The molecule has 0 radical (unpaired) electrons. The summed E-state index contributed by atoms with van der Waals surface area (Å²) in [4.78, 5) is 0. The van der Waals surface area contributed by atoms with Gasteiger partial charge in [0.15, 0.2) is 11.1 Å². The van der Waals surface area contributed by atoms with Crippen molar-refractivity contribution in [3.05, 3.63) is 0 Å². The van der Waals surface area contributed by atoms with Gasteiger partial charge in [0.05, 0.1) is 12.4 Å². The quantitative estimate of drug-likeness (QED) is 0.437.